The maximum Gasteiger partial charge on any atom is 0.280 e. The summed E-state index contributed by atoms with van der Waals surface area (Å²) in [5.41, 5.74) is 3.92. The second kappa shape index (κ2) is 10.7. The number of fused-ring (bicyclic) bond motifs is 1. The van der Waals surface area contributed by atoms with Crippen molar-refractivity contribution in [3.8, 4) is 11.4 Å². The summed E-state index contributed by atoms with van der Waals surface area (Å²) >= 11 is 1.44. The van der Waals surface area contributed by atoms with Gasteiger partial charge in [0.05, 0.1) is 22.4 Å². The third-order valence-electron chi connectivity index (χ3n) is 6.65. The molecule has 0 saturated carbocycles. The molecule has 1 unspecified atom stereocenters. The van der Waals surface area contributed by atoms with Crippen molar-refractivity contribution in [2.45, 2.75) is 51.3 Å². The number of carbonyl (C=O) groups excluding carboxylic acids is 1. The van der Waals surface area contributed by atoms with Crippen molar-refractivity contribution >= 4 is 27.1 Å². The van der Waals surface area contributed by atoms with Crippen molar-refractivity contribution in [2.75, 3.05) is 5.75 Å². The van der Waals surface area contributed by atoms with Gasteiger partial charge in [0.25, 0.3) is 5.91 Å². The third kappa shape index (κ3) is 5.38. The number of sulfone groups is 1. The van der Waals surface area contributed by atoms with Gasteiger partial charge in [0.15, 0.2) is 20.7 Å². The molecule has 0 radical (unpaired) electrons. The lowest BCUT2D eigenvalue weighted by Crippen LogP contribution is -2.27. The van der Waals surface area contributed by atoms with Crippen LogP contribution in [-0.4, -0.2) is 50.6 Å². The first-order valence-electron chi connectivity index (χ1n) is 12.4. The van der Waals surface area contributed by atoms with E-state index in [1.165, 1.54) is 16.9 Å². The van der Waals surface area contributed by atoms with Crippen LogP contribution in [0.15, 0.2) is 53.4 Å². The van der Waals surface area contributed by atoms with E-state index in [-0.39, 0.29) is 17.7 Å². The molecule has 10 nitrogen and oxygen atoms in total. The average Bonchev–Trinajstić information content (AvgIpc) is 3.65. The summed E-state index contributed by atoms with van der Waals surface area (Å²) in [4.78, 5) is 21.5. The lowest BCUT2D eigenvalue weighted by Gasteiger charge is -2.27. The highest BCUT2D eigenvalue weighted by Crippen LogP contribution is 2.41. The minimum absolute atomic E-state index is 0.0560. The first-order valence-corrected chi connectivity index (χ1v) is 14.9. The summed E-state index contributed by atoms with van der Waals surface area (Å²) in [5, 5.41) is 17.4. The van der Waals surface area contributed by atoms with Crippen molar-refractivity contribution in [3.63, 3.8) is 0 Å². The maximum absolute atomic E-state index is 12.9. The summed E-state index contributed by atoms with van der Waals surface area (Å²) < 4.78 is 24.0. The fraction of sp³-hybridized carbons (Fsp3) is 0.346. The van der Waals surface area contributed by atoms with Crippen LogP contribution >= 0.6 is 11.3 Å². The Bertz CT molecular complexity index is 1510. The van der Waals surface area contributed by atoms with Crippen LogP contribution < -0.4 is 5.32 Å². The second-order valence-electron chi connectivity index (χ2n) is 9.60. The molecule has 0 bridgehead atoms. The molecule has 2 aromatic heterocycles. The van der Waals surface area contributed by atoms with Gasteiger partial charge in [-0.15, -0.1) is 16.4 Å². The van der Waals surface area contributed by atoms with Crippen molar-refractivity contribution in [1.82, 2.24) is 35.8 Å². The molecule has 1 aliphatic heterocycles. The van der Waals surface area contributed by atoms with Gasteiger partial charge in [0.1, 0.15) is 0 Å². The summed E-state index contributed by atoms with van der Waals surface area (Å²) in [7, 11) is -3.24. The minimum Gasteiger partial charge on any atom is -0.346 e. The highest BCUT2D eigenvalue weighted by molar-refractivity contribution is 7.91. The molecule has 198 valence electrons. The Kier molecular flexibility index (Phi) is 7.37. The Labute approximate surface area is 225 Å². The van der Waals surface area contributed by atoms with Crippen LogP contribution in [0.3, 0.4) is 0 Å². The van der Waals surface area contributed by atoms with Gasteiger partial charge in [-0.3, -0.25) is 9.69 Å². The summed E-state index contributed by atoms with van der Waals surface area (Å²) in [6.07, 6.45) is 0. The van der Waals surface area contributed by atoms with E-state index >= 15 is 0 Å². The monoisotopic (exact) mass is 551 g/mol. The van der Waals surface area contributed by atoms with Gasteiger partial charge in [-0.2, -0.15) is 0 Å². The van der Waals surface area contributed by atoms with E-state index in [4.69, 9.17) is 4.98 Å². The van der Waals surface area contributed by atoms with E-state index in [1.807, 2.05) is 12.1 Å². The van der Waals surface area contributed by atoms with Gasteiger partial charge < -0.3 is 5.32 Å². The molecule has 0 fully saturated rings. The Hall–Kier alpha value is -3.48. The third-order valence-corrected chi connectivity index (χ3v) is 9.45. The predicted octanol–water partition coefficient (Wildman–Crippen LogP) is 3.76. The van der Waals surface area contributed by atoms with Crippen molar-refractivity contribution in [3.05, 3.63) is 75.2 Å². The first-order chi connectivity index (χ1) is 18.2. The first kappa shape index (κ1) is 26.1. The van der Waals surface area contributed by atoms with E-state index < -0.39 is 9.84 Å². The lowest BCUT2D eigenvalue weighted by molar-refractivity contribution is 0.0949. The van der Waals surface area contributed by atoms with Gasteiger partial charge in [-0.1, -0.05) is 57.2 Å². The highest BCUT2D eigenvalue weighted by Gasteiger charge is 2.36. The number of tetrazole rings is 1. The summed E-state index contributed by atoms with van der Waals surface area (Å²) in [6.45, 7) is 7.78. The molecule has 38 heavy (non-hydrogen) atoms. The van der Waals surface area contributed by atoms with Gasteiger partial charge in [-0.25, -0.2) is 18.5 Å². The number of aromatic nitrogens is 5. The smallest absolute Gasteiger partial charge is 0.280 e. The van der Waals surface area contributed by atoms with Crippen LogP contribution in [0.5, 0.6) is 0 Å². The van der Waals surface area contributed by atoms with E-state index in [2.05, 4.69) is 56.8 Å². The number of thiazole rings is 1. The van der Waals surface area contributed by atoms with E-state index in [0.717, 1.165) is 34.8 Å². The highest BCUT2D eigenvalue weighted by atomic mass is 32.2. The largest absolute Gasteiger partial charge is 0.346 e. The molecule has 0 spiro atoms. The SMILES string of the molecule is CCS(=O)(=O)c1ccc(CNC(=O)c2nc3c(s2)CN(Cc2ccc(-c4nnn[nH]4)cc2)C3C(C)C)cc1. The Morgan fingerprint density at radius 2 is 1.84 bits per heavy atom. The van der Waals surface area contributed by atoms with Gasteiger partial charge >= 0.3 is 0 Å². The topological polar surface area (TPSA) is 134 Å². The van der Waals surface area contributed by atoms with E-state index in [1.54, 1.807) is 31.2 Å². The molecule has 2 aromatic carbocycles. The summed E-state index contributed by atoms with van der Waals surface area (Å²) in [6, 6.07) is 14.9. The number of benzene rings is 2. The fourth-order valence-corrected chi connectivity index (χ4v) is 6.60. The fourth-order valence-electron chi connectivity index (χ4n) is 4.68. The molecule has 1 amide bonds. The predicted molar refractivity (Wildman–Crippen MR) is 144 cm³/mol. The van der Waals surface area contributed by atoms with Crippen molar-refractivity contribution in [1.29, 1.82) is 0 Å². The van der Waals surface area contributed by atoms with Crippen LogP contribution in [-0.2, 0) is 29.5 Å². The number of amides is 1. The molecule has 3 heterocycles. The normalized spacial score (nSPS) is 15.6. The molecule has 5 rings (SSSR count). The Morgan fingerprint density at radius 1 is 1.13 bits per heavy atom. The number of nitrogens with zero attached hydrogens (tertiary/aromatic N) is 5. The van der Waals surface area contributed by atoms with Gasteiger partial charge in [-0.05, 0) is 39.6 Å². The number of carbonyl (C=O) groups is 1. The molecule has 1 aliphatic rings. The number of hydrogen-bond acceptors (Lipinski definition) is 9. The molecule has 2 N–H and O–H groups in total. The summed E-state index contributed by atoms with van der Waals surface area (Å²) in [5.74, 6) is 0.796. The van der Waals surface area contributed by atoms with Crippen molar-refractivity contribution in [2.24, 2.45) is 5.92 Å². The van der Waals surface area contributed by atoms with E-state index in [9.17, 15) is 13.2 Å². The molecule has 0 saturated heterocycles. The number of rotatable bonds is 9. The molecular formula is C26H29N7O3S2. The van der Waals surface area contributed by atoms with Crippen molar-refractivity contribution < 1.29 is 13.2 Å². The van der Waals surface area contributed by atoms with Crippen LogP contribution in [0.25, 0.3) is 11.4 Å². The average molecular weight is 552 g/mol. The number of nitrogens with one attached hydrogen (secondary N) is 2. The van der Waals surface area contributed by atoms with Gasteiger partial charge in [0, 0.05) is 30.1 Å². The zero-order chi connectivity index (χ0) is 26.9. The van der Waals surface area contributed by atoms with Crippen LogP contribution in [0.2, 0.25) is 0 Å². The van der Waals surface area contributed by atoms with Crippen LogP contribution in [0, 0.1) is 5.92 Å². The zero-order valence-electron chi connectivity index (χ0n) is 21.4. The standard InChI is InChI=1S/C26H29N7O3S2/c1-4-38(35,36)20-11-7-17(8-12-20)13-27-25(34)26-28-22-21(37-26)15-33(23(22)16(2)3)14-18-5-9-19(10-6-18)24-29-31-32-30-24/h5-12,16,23H,4,13-15H2,1-3H3,(H,27,34)(H,29,30,31,32). The quantitative estimate of drug-likeness (QED) is 0.321. The molecule has 4 aromatic rings. The Balaban J connectivity index is 1.23. The molecule has 12 heteroatoms. The van der Waals surface area contributed by atoms with Crippen LogP contribution in [0.4, 0.5) is 0 Å². The zero-order valence-corrected chi connectivity index (χ0v) is 23.0. The number of aromatic amines is 1. The number of hydrogen-bond donors (Lipinski definition) is 2. The minimum atomic E-state index is -3.24. The number of H-pyrrole nitrogens is 1. The second-order valence-corrected chi connectivity index (χ2v) is 13.0. The van der Waals surface area contributed by atoms with Crippen LogP contribution in [0.1, 0.15) is 58.3 Å². The maximum atomic E-state index is 12.9. The molecule has 1 atom stereocenters. The lowest BCUT2D eigenvalue weighted by atomic mass is 10.0. The molecule has 0 aliphatic carbocycles. The van der Waals surface area contributed by atoms with E-state index in [0.29, 0.717) is 28.2 Å². The Morgan fingerprint density at radius 3 is 2.47 bits per heavy atom. The van der Waals surface area contributed by atoms with Gasteiger partial charge in [0.2, 0.25) is 0 Å². The molecular weight excluding hydrogens is 522 g/mol.